The smallest absolute Gasteiger partial charge is 0.347 e. The molecule has 2 atom stereocenters. The first-order valence-electron chi connectivity index (χ1n) is 4.09. The van der Waals surface area contributed by atoms with Crippen LogP contribution in [-0.4, -0.2) is 37.9 Å². The van der Waals surface area contributed by atoms with E-state index >= 15 is 0 Å². The van der Waals surface area contributed by atoms with Crippen LogP contribution in [0, 0.1) is 0 Å². The van der Waals surface area contributed by atoms with Crippen molar-refractivity contribution in [1.29, 1.82) is 0 Å². The van der Waals surface area contributed by atoms with E-state index in [1.54, 1.807) is 0 Å². The molecule has 0 heterocycles. The topological polar surface area (TPSA) is 35.5 Å². The van der Waals surface area contributed by atoms with E-state index in [-0.39, 0.29) is 6.61 Å². The quantitative estimate of drug-likeness (QED) is 0.651. The molecule has 0 aromatic heterocycles. The second-order valence-corrected chi connectivity index (χ2v) is 2.66. The zero-order chi connectivity index (χ0) is 11.4. The van der Waals surface area contributed by atoms with Crippen molar-refractivity contribution in [2.75, 3.05) is 13.7 Å². The largest absolute Gasteiger partial charge is 0.467 e. The van der Waals surface area contributed by atoms with Crippen LogP contribution in [0.2, 0.25) is 0 Å². The number of carbonyl (C=O) groups excluding carboxylic acids is 1. The fraction of sp³-hybridized carbons (Fsp3) is 0.875. The van der Waals surface area contributed by atoms with Crippen molar-refractivity contribution in [3.05, 3.63) is 0 Å². The molecule has 0 bridgehead atoms. The zero-order valence-electron chi connectivity index (χ0n) is 8.22. The van der Waals surface area contributed by atoms with Crippen LogP contribution in [-0.2, 0) is 14.3 Å². The molecule has 3 nitrogen and oxygen atoms in total. The van der Waals surface area contributed by atoms with Gasteiger partial charge in [0, 0.05) is 6.61 Å². The monoisotopic (exact) mass is 214 g/mol. The molecule has 0 N–H and O–H groups in total. The van der Waals surface area contributed by atoms with Gasteiger partial charge in [-0.25, -0.2) is 9.18 Å². The Hall–Kier alpha value is -0.780. The lowest BCUT2D eigenvalue weighted by atomic mass is 10.1. The van der Waals surface area contributed by atoms with Crippen molar-refractivity contribution < 1.29 is 27.4 Å². The van der Waals surface area contributed by atoms with E-state index in [1.165, 1.54) is 6.92 Å². The summed E-state index contributed by atoms with van der Waals surface area (Å²) in [6.07, 6.45) is -4.66. The molecule has 84 valence electrons. The SMILES string of the molecule is CCO[C@@H](C)C(F)(F)[C@@H](F)C(=O)OC. The summed E-state index contributed by atoms with van der Waals surface area (Å²) in [6.45, 7) is 2.52. The number of carbonyl (C=O) groups is 1. The Labute approximate surface area is 80.2 Å². The van der Waals surface area contributed by atoms with E-state index in [0.717, 1.165) is 14.0 Å². The molecule has 0 unspecified atom stereocenters. The summed E-state index contributed by atoms with van der Waals surface area (Å²) in [5.41, 5.74) is 0. The Bertz CT molecular complexity index is 196. The van der Waals surface area contributed by atoms with E-state index in [0.29, 0.717) is 0 Å². The standard InChI is InChI=1S/C8H13F3O3/c1-4-14-5(2)8(10,11)6(9)7(12)13-3/h5-6H,4H2,1-3H3/t5-,6-/m0/s1. The Kier molecular flexibility index (Phi) is 4.90. The van der Waals surface area contributed by atoms with Crippen molar-refractivity contribution in [2.24, 2.45) is 0 Å². The molecular weight excluding hydrogens is 201 g/mol. The van der Waals surface area contributed by atoms with Crippen molar-refractivity contribution >= 4 is 5.97 Å². The number of ether oxygens (including phenoxy) is 2. The molecule has 6 heteroatoms. The van der Waals surface area contributed by atoms with Crippen LogP contribution in [0.5, 0.6) is 0 Å². The molecular formula is C8H13F3O3. The van der Waals surface area contributed by atoms with Gasteiger partial charge in [0.2, 0.25) is 0 Å². The van der Waals surface area contributed by atoms with E-state index in [1.807, 2.05) is 0 Å². The van der Waals surface area contributed by atoms with Gasteiger partial charge in [-0.3, -0.25) is 0 Å². The molecule has 0 saturated carbocycles. The van der Waals surface area contributed by atoms with Gasteiger partial charge >= 0.3 is 11.9 Å². The average Bonchev–Trinajstić information content (AvgIpc) is 2.15. The van der Waals surface area contributed by atoms with Crippen LogP contribution in [0.4, 0.5) is 13.2 Å². The van der Waals surface area contributed by atoms with Gasteiger partial charge < -0.3 is 9.47 Å². The summed E-state index contributed by atoms with van der Waals surface area (Å²) in [6, 6.07) is 0. The predicted octanol–water partition coefficient (Wildman–Crippen LogP) is 1.56. The Morgan fingerprint density at radius 2 is 2.00 bits per heavy atom. The molecule has 0 aliphatic heterocycles. The molecule has 0 saturated heterocycles. The van der Waals surface area contributed by atoms with Crippen LogP contribution in [0.25, 0.3) is 0 Å². The first-order valence-corrected chi connectivity index (χ1v) is 4.09. The van der Waals surface area contributed by atoms with Gasteiger partial charge in [-0.2, -0.15) is 8.78 Å². The second kappa shape index (κ2) is 5.19. The highest BCUT2D eigenvalue weighted by Gasteiger charge is 2.51. The summed E-state index contributed by atoms with van der Waals surface area (Å²) in [5.74, 6) is -5.47. The maximum atomic E-state index is 13.0. The highest BCUT2D eigenvalue weighted by Crippen LogP contribution is 2.28. The molecule has 0 aliphatic rings. The van der Waals surface area contributed by atoms with Gasteiger partial charge in [-0.15, -0.1) is 0 Å². The van der Waals surface area contributed by atoms with Crippen molar-refractivity contribution in [3.63, 3.8) is 0 Å². The van der Waals surface area contributed by atoms with Gasteiger partial charge in [-0.05, 0) is 13.8 Å². The lowest BCUT2D eigenvalue weighted by molar-refractivity contribution is -0.189. The minimum Gasteiger partial charge on any atom is -0.467 e. The van der Waals surface area contributed by atoms with Crippen molar-refractivity contribution in [1.82, 2.24) is 0 Å². The van der Waals surface area contributed by atoms with Crippen molar-refractivity contribution in [2.45, 2.75) is 32.0 Å². The minimum absolute atomic E-state index is 0.0185. The van der Waals surface area contributed by atoms with E-state index in [4.69, 9.17) is 0 Å². The number of alkyl halides is 3. The van der Waals surface area contributed by atoms with Gasteiger partial charge in [0.05, 0.1) is 7.11 Å². The Balaban J connectivity index is 4.50. The van der Waals surface area contributed by atoms with Crippen LogP contribution in [0.1, 0.15) is 13.8 Å². The number of hydrogen-bond acceptors (Lipinski definition) is 3. The molecule has 0 aromatic carbocycles. The van der Waals surface area contributed by atoms with Crippen LogP contribution in [0.3, 0.4) is 0 Å². The Morgan fingerprint density at radius 1 is 1.50 bits per heavy atom. The van der Waals surface area contributed by atoms with Gasteiger partial charge in [0.25, 0.3) is 6.17 Å². The van der Waals surface area contributed by atoms with E-state index in [2.05, 4.69) is 9.47 Å². The first kappa shape index (κ1) is 13.2. The fourth-order valence-corrected chi connectivity index (χ4v) is 0.828. The maximum absolute atomic E-state index is 13.0. The van der Waals surface area contributed by atoms with Crippen LogP contribution >= 0.6 is 0 Å². The molecule has 0 spiro atoms. The molecule has 0 rings (SSSR count). The number of rotatable bonds is 5. The number of methoxy groups -OCH3 is 1. The highest BCUT2D eigenvalue weighted by atomic mass is 19.3. The summed E-state index contributed by atoms with van der Waals surface area (Å²) in [7, 11) is 0.844. The second-order valence-electron chi connectivity index (χ2n) is 2.66. The third-order valence-electron chi connectivity index (χ3n) is 1.70. The van der Waals surface area contributed by atoms with Crippen molar-refractivity contribution in [3.8, 4) is 0 Å². The molecule has 14 heavy (non-hydrogen) atoms. The first-order chi connectivity index (χ1) is 6.37. The van der Waals surface area contributed by atoms with E-state index < -0.39 is 24.2 Å². The predicted molar refractivity (Wildman–Crippen MR) is 42.9 cm³/mol. The van der Waals surface area contributed by atoms with E-state index in [9.17, 15) is 18.0 Å². The van der Waals surface area contributed by atoms with Crippen LogP contribution in [0.15, 0.2) is 0 Å². The molecule has 0 radical (unpaired) electrons. The fourth-order valence-electron chi connectivity index (χ4n) is 0.828. The molecule has 0 fully saturated rings. The summed E-state index contributed by atoms with van der Waals surface area (Å²) in [4.78, 5) is 10.5. The van der Waals surface area contributed by atoms with Gasteiger partial charge in [-0.1, -0.05) is 0 Å². The third kappa shape index (κ3) is 2.87. The minimum atomic E-state index is -3.87. The average molecular weight is 214 g/mol. The Morgan fingerprint density at radius 3 is 2.36 bits per heavy atom. The molecule has 0 aromatic rings. The third-order valence-corrected chi connectivity index (χ3v) is 1.70. The lowest BCUT2D eigenvalue weighted by Crippen LogP contribution is -2.46. The summed E-state index contributed by atoms with van der Waals surface area (Å²) < 4.78 is 47.3. The number of esters is 1. The van der Waals surface area contributed by atoms with Gasteiger partial charge in [0.15, 0.2) is 0 Å². The number of halogens is 3. The molecule has 0 amide bonds. The summed E-state index contributed by atoms with van der Waals surface area (Å²) >= 11 is 0. The van der Waals surface area contributed by atoms with Gasteiger partial charge in [0.1, 0.15) is 6.10 Å². The van der Waals surface area contributed by atoms with Crippen LogP contribution < -0.4 is 0 Å². The molecule has 0 aliphatic carbocycles. The maximum Gasteiger partial charge on any atom is 0.347 e. The lowest BCUT2D eigenvalue weighted by Gasteiger charge is -2.24. The summed E-state index contributed by atoms with van der Waals surface area (Å²) in [5, 5.41) is 0. The normalized spacial score (nSPS) is 16.1. The number of hydrogen-bond donors (Lipinski definition) is 0. The highest BCUT2D eigenvalue weighted by molar-refractivity contribution is 5.75. The zero-order valence-corrected chi connectivity index (χ0v) is 8.22.